The van der Waals surface area contributed by atoms with Crippen molar-refractivity contribution < 1.29 is 17.9 Å². The number of sulfonamides is 1. The summed E-state index contributed by atoms with van der Waals surface area (Å²) in [5.41, 5.74) is 2.03. The molecule has 1 aromatic heterocycles. The largest absolute Gasteiger partial charge is 0.477 e. The summed E-state index contributed by atoms with van der Waals surface area (Å²) in [4.78, 5) is 19.3. The molecule has 2 aliphatic heterocycles. The second kappa shape index (κ2) is 8.12. The molecule has 0 unspecified atom stereocenters. The Kier molecular flexibility index (Phi) is 5.56. The van der Waals surface area contributed by atoms with Gasteiger partial charge < -0.3 is 9.64 Å². The van der Waals surface area contributed by atoms with Gasteiger partial charge in [0.25, 0.3) is 5.91 Å². The number of piperidine rings is 1. The molecule has 0 radical (unpaired) electrons. The number of pyridine rings is 1. The van der Waals surface area contributed by atoms with Crippen LogP contribution in [0.15, 0.2) is 41.4 Å². The zero-order chi connectivity index (χ0) is 20.4. The lowest BCUT2D eigenvalue weighted by Crippen LogP contribution is -2.35. The first kappa shape index (κ1) is 19.8. The molecule has 7 nitrogen and oxygen atoms in total. The van der Waals surface area contributed by atoms with Crippen molar-refractivity contribution in [1.29, 1.82) is 0 Å². The lowest BCUT2D eigenvalue weighted by atomic mass is 10.1. The van der Waals surface area contributed by atoms with E-state index in [0.717, 1.165) is 30.5 Å². The van der Waals surface area contributed by atoms with Crippen molar-refractivity contribution in [2.45, 2.75) is 37.5 Å². The molecule has 1 amide bonds. The normalized spacial score (nSPS) is 17.2. The van der Waals surface area contributed by atoms with E-state index in [4.69, 9.17) is 4.74 Å². The monoisotopic (exact) mass is 415 g/mol. The van der Waals surface area contributed by atoms with Crippen molar-refractivity contribution >= 4 is 21.6 Å². The summed E-state index contributed by atoms with van der Waals surface area (Å²) in [5.74, 6) is 0.129. The van der Waals surface area contributed by atoms with Gasteiger partial charge in [0, 0.05) is 31.5 Å². The molecule has 8 heteroatoms. The van der Waals surface area contributed by atoms with E-state index in [1.54, 1.807) is 45.7 Å². The van der Waals surface area contributed by atoms with Crippen molar-refractivity contribution in [3.05, 3.63) is 47.7 Å². The van der Waals surface area contributed by atoms with Crippen molar-refractivity contribution in [2.75, 3.05) is 31.1 Å². The number of ether oxygens (including phenoxy) is 1. The van der Waals surface area contributed by atoms with Crippen LogP contribution in [0.3, 0.4) is 0 Å². The highest BCUT2D eigenvalue weighted by Gasteiger charge is 2.31. The van der Waals surface area contributed by atoms with Crippen LogP contribution in [-0.4, -0.2) is 49.9 Å². The number of rotatable bonds is 5. The maximum absolute atomic E-state index is 13.1. The number of aromatic nitrogens is 1. The predicted molar refractivity (Wildman–Crippen MR) is 110 cm³/mol. The van der Waals surface area contributed by atoms with Crippen LogP contribution in [0.4, 0.5) is 5.69 Å². The highest BCUT2D eigenvalue weighted by molar-refractivity contribution is 7.89. The minimum Gasteiger partial charge on any atom is -0.477 e. The first-order valence-electron chi connectivity index (χ1n) is 10.0. The van der Waals surface area contributed by atoms with Crippen LogP contribution in [-0.2, 0) is 16.4 Å². The third kappa shape index (κ3) is 3.74. The first-order chi connectivity index (χ1) is 14.0. The molecule has 2 aromatic rings. The Hall–Kier alpha value is -2.45. The van der Waals surface area contributed by atoms with Crippen molar-refractivity contribution in [3.8, 4) is 5.88 Å². The molecule has 0 N–H and O–H groups in total. The minimum atomic E-state index is -3.49. The van der Waals surface area contributed by atoms with E-state index in [0.29, 0.717) is 49.0 Å². The fourth-order valence-corrected chi connectivity index (χ4v) is 5.52. The summed E-state index contributed by atoms with van der Waals surface area (Å²) < 4.78 is 33.0. The zero-order valence-corrected chi connectivity index (χ0v) is 17.3. The molecule has 0 atom stereocenters. The fraction of sp³-hybridized carbons (Fsp3) is 0.429. The fourth-order valence-electron chi connectivity index (χ4n) is 3.95. The Bertz CT molecular complexity index is 1020. The number of fused-ring (bicyclic) bond motifs is 1. The summed E-state index contributed by atoms with van der Waals surface area (Å²) in [7, 11) is -3.49. The molecule has 154 valence electrons. The Morgan fingerprint density at radius 2 is 1.93 bits per heavy atom. The van der Waals surface area contributed by atoms with Crippen LogP contribution < -0.4 is 9.64 Å². The smallest absolute Gasteiger partial charge is 0.263 e. The Morgan fingerprint density at radius 1 is 1.14 bits per heavy atom. The van der Waals surface area contributed by atoms with Crippen LogP contribution in [0.2, 0.25) is 0 Å². The Morgan fingerprint density at radius 3 is 2.69 bits per heavy atom. The van der Waals surface area contributed by atoms with Crippen LogP contribution >= 0.6 is 0 Å². The SMILES string of the molecule is CCOc1ncccc1C(=O)N1CCc2cc(S(=O)(=O)N3CCCCC3)ccc21. The quantitative estimate of drug-likeness (QED) is 0.750. The van der Waals surface area contributed by atoms with Gasteiger partial charge in [0.2, 0.25) is 15.9 Å². The number of amides is 1. The van der Waals surface area contributed by atoms with Gasteiger partial charge in [-0.05, 0) is 62.1 Å². The topological polar surface area (TPSA) is 79.8 Å². The number of nitrogens with zero attached hydrogens (tertiary/aromatic N) is 3. The summed E-state index contributed by atoms with van der Waals surface area (Å²) in [6.07, 6.45) is 5.09. The third-order valence-corrected chi connectivity index (χ3v) is 7.32. The highest BCUT2D eigenvalue weighted by Crippen LogP contribution is 2.33. The maximum Gasteiger partial charge on any atom is 0.263 e. The molecule has 4 rings (SSSR count). The molecule has 29 heavy (non-hydrogen) atoms. The van der Waals surface area contributed by atoms with E-state index in [-0.39, 0.29) is 5.91 Å². The summed E-state index contributed by atoms with van der Waals surface area (Å²) in [5, 5.41) is 0. The predicted octanol–water partition coefficient (Wildman–Crippen LogP) is 2.86. The number of anilines is 1. The molecule has 1 saturated heterocycles. The Labute approximate surface area is 171 Å². The molecule has 2 aliphatic rings. The average molecular weight is 416 g/mol. The molecule has 0 spiro atoms. The molecule has 0 aliphatic carbocycles. The number of hydrogen-bond acceptors (Lipinski definition) is 5. The van der Waals surface area contributed by atoms with Gasteiger partial charge in [0.1, 0.15) is 5.56 Å². The van der Waals surface area contributed by atoms with E-state index >= 15 is 0 Å². The van der Waals surface area contributed by atoms with E-state index in [1.807, 2.05) is 6.92 Å². The lowest BCUT2D eigenvalue weighted by Gasteiger charge is -2.26. The van der Waals surface area contributed by atoms with Gasteiger partial charge in [0.15, 0.2) is 0 Å². The first-order valence-corrected chi connectivity index (χ1v) is 11.5. The standard InChI is InChI=1S/C21H25N3O4S/c1-2-28-20-18(7-6-11-22-20)21(25)24-14-10-16-15-17(8-9-19(16)24)29(26,27)23-12-4-3-5-13-23/h6-9,11,15H,2-5,10,12-14H2,1H3. The van der Waals surface area contributed by atoms with E-state index in [9.17, 15) is 13.2 Å². The Balaban J connectivity index is 1.61. The number of carbonyl (C=O) groups excluding carboxylic acids is 1. The summed E-state index contributed by atoms with van der Waals surface area (Å²) in [6.45, 7) is 3.92. The van der Waals surface area contributed by atoms with Crippen molar-refractivity contribution in [1.82, 2.24) is 9.29 Å². The molecular formula is C21H25N3O4S. The number of hydrogen-bond donors (Lipinski definition) is 0. The van der Waals surface area contributed by atoms with Crippen molar-refractivity contribution in [3.63, 3.8) is 0 Å². The van der Waals surface area contributed by atoms with Crippen molar-refractivity contribution in [2.24, 2.45) is 0 Å². The van der Waals surface area contributed by atoms with Gasteiger partial charge in [0.05, 0.1) is 11.5 Å². The molecule has 1 aromatic carbocycles. The van der Waals surface area contributed by atoms with Gasteiger partial charge in [-0.3, -0.25) is 4.79 Å². The molecule has 1 fully saturated rings. The van der Waals surface area contributed by atoms with E-state index in [2.05, 4.69) is 4.98 Å². The van der Waals surface area contributed by atoms with Crippen LogP contribution in [0.5, 0.6) is 5.88 Å². The second-order valence-electron chi connectivity index (χ2n) is 7.25. The zero-order valence-electron chi connectivity index (χ0n) is 16.5. The van der Waals surface area contributed by atoms with Gasteiger partial charge in [-0.1, -0.05) is 6.42 Å². The van der Waals surface area contributed by atoms with E-state index < -0.39 is 10.0 Å². The average Bonchev–Trinajstić information content (AvgIpc) is 3.18. The molecule has 0 saturated carbocycles. The summed E-state index contributed by atoms with van der Waals surface area (Å²) >= 11 is 0. The molecule has 0 bridgehead atoms. The van der Waals surface area contributed by atoms with Crippen LogP contribution in [0.1, 0.15) is 42.1 Å². The maximum atomic E-state index is 13.1. The van der Waals surface area contributed by atoms with E-state index in [1.165, 1.54) is 0 Å². The number of benzene rings is 1. The third-order valence-electron chi connectivity index (χ3n) is 5.43. The lowest BCUT2D eigenvalue weighted by molar-refractivity contribution is 0.0985. The van der Waals surface area contributed by atoms with Crippen LogP contribution in [0.25, 0.3) is 0 Å². The van der Waals surface area contributed by atoms with Gasteiger partial charge >= 0.3 is 0 Å². The van der Waals surface area contributed by atoms with Gasteiger partial charge in [-0.15, -0.1) is 0 Å². The second-order valence-corrected chi connectivity index (χ2v) is 9.19. The minimum absolute atomic E-state index is 0.188. The highest BCUT2D eigenvalue weighted by atomic mass is 32.2. The summed E-state index contributed by atoms with van der Waals surface area (Å²) in [6, 6.07) is 8.49. The van der Waals surface area contributed by atoms with Gasteiger partial charge in [-0.2, -0.15) is 4.31 Å². The number of carbonyl (C=O) groups is 1. The molecular weight excluding hydrogens is 390 g/mol. The van der Waals surface area contributed by atoms with Crippen LogP contribution in [0, 0.1) is 0 Å². The molecule has 3 heterocycles. The van der Waals surface area contributed by atoms with Gasteiger partial charge in [-0.25, -0.2) is 13.4 Å².